The third-order valence-electron chi connectivity index (χ3n) is 4.01. The average Bonchev–Trinajstić information content (AvgIpc) is 2.68. The number of nitrogens with one attached hydrogen (secondary N) is 1. The number of carbonyl (C=O) groups excluding carboxylic acids is 2. The fourth-order valence-corrected chi connectivity index (χ4v) is 2.63. The minimum atomic E-state index is -0.274. The second kappa shape index (κ2) is 7.53. The molecule has 0 radical (unpaired) electrons. The van der Waals surface area contributed by atoms with E-state index in [-0.39, 0.29) is 17.7 Å². The molecule has 124 valence electrons. The van der Waals surface area contributed by atoms with E-state index in [4.69, 9.17) is 0 Å². The average molecular weight is 330 g/mol. The molecule has 0 aliphatic carbocycles. The van der Waals surface area contributed by atoms with Crippen molar-refractivity contribution in [3.63, 3.8) is 0 Å². The number of benzene rings is 2. The second-order valence-electron chi connectivity index (χ2n) is 5.72. The van der Waals surface area contributed by atoms with Crippen LogP contribution in [-0.4, -0.2) is 16.7 Å². The van der Waals surface area contributed by atoms with Crippen LogP contribution in [0.4, 0.5) is 0 Å². The van der Waals surface area contributed by atoms with Crippen molar-refractivity contribution in [2.45, 2.75) is 13.0 Å². The van der Waals surface area contributed by atoms with E-state index in [1.54, 1.807) is 60.9 Å². The zero-order valence-corrected chi connectivity index (χ0v) is 13.8. The Kier molecular flexibility index (Phi) is 5.00. The molecule has 4 nitrogen and oxygen atoms in total. The summed E-state index contributed by atoms with van der Waals surface area (Å²) in [6.07, 6.45) is 3.37. The molecular formula is C21H18N2O2. The summed E-state index contributed by atoms with van der Waals surface area (Å²) in [7, 11) is 0. The molecule has 0 aliphatic rings. The maximum absolute atomic E-state index is 12.7. The maximum atomic E-state index is 12.7. The normalized spacial score (nSPS) is 11.6. The number of pyridine rings is 1. The van der Waals surface area contributed by atoms with Gasteiger partial charge >= 0.3 is 0 Å². The highest BCUT2D eigenvalue weighted by Crippen LogP contribution is 2.17. The fourth-order valence-electron chi connectivity index (χ4n) is 2.63. The Bertz CT molecular complexity index is 877. The summed E-state index contributed by atoms with van der Waals surface area (Å²) in [5, 5.41) is 2.94. The van der Waals surface area contributed by atoms with E-state index >= 15 is 0 Å². The van der Waals surface area contributed by atoms with E-state index < -0.39 is 0 Å². The molecule has 1 atom stereocenters. The highest BCUT2D eigenvalue weighted by atomic mass is 16.2. The van der Waals surface area contributed by atoms with Crippen LogP contribution in [0.25, 0.3) is 0 Å². The quantitative estimate of drug-likeness (QED) is 0.724. The predicted octanol–water partition coefficient (Wildman–Crippen LogP) is 3.80. The molecule has 0 unspecified atom stereocenters. The van der Waals surface area contributed by atoms with Crippen LogP contribution in [0.1, 0.15) is 44.8 Å². The predicted molar refractivity (Wildman–Crippen MR) is 96.4 cm³/mol. The van der Waals surface area contributed by atoms with Crippen molar-refractivity contribution >= 4 is 11.7 Å². The van der Waals surface area contributed by atoms with Crippen molar-refractivity contribution in [3.8, 4) is 0 Å². The van der Waals surface area contributed by atoms with Gasteiger partial charge in [-0.05, 0) is 30.7 Å². The zero-order chi connectivity index (χ0) is 17.6. The van der Waals surface area contributed by atoms with Crippen LogP contribution in [0, 0.1) is 0 Å². The first-order chi connectivity index (χ1) is 12.2. The van der Waals surface area contributed by atoms with Gasteiger partial charge in [0.1, 0.15) is 0 Å². The van der Waals surface area contributed by atoms with Crippen LogP contribution in [-0.2, 0) is 0 Å². The Morgan fingerprint density at radius 1 is 0.840 bits per heavy atom. The van der Waals surface area contributed by atoms with Gasteiger partial charge in [-0.15, -0.1) is 0 Å². The lowest BCUT2D eigenvalue weighted by atomic mass is 9.97. The molecule has 1 amide bonds. The molecule has 1 N–H and O–H groups in total. The van der Waals surface area contributed by atoms with Crippen LogP contribution >= 0.6 is 0 Å². The molecule has 4 heteroatoms. The molecule has 3 aromatic rings. The standard InChI is InChI=1S/C21H18N2O2/c1-15(16-11-13-22-14-12-16)23-21(25)19-10-6-5-9-18(19)20(24)17-7-3-2-4-8-17/h2-15H,1H3,(H,23,25)/t15-/m0/s1. The van der Waals surface area contributed by atoms with E-state index in [1.165, 1.54) is 0 Å². The Labute approximate surface area is 146 Å². The van der Waals surface area contributed by atoms with Crippen molar-refractivity contribution in [2.75, 3.05) is 0 Å². The van der Waals surface area contributed by atoms with Gasteiger partial charge in [-0.2, -0.15) is 0 Å². The first-order valence-corrected chi connectivity index (χ1v) is 8.06. The SMILES string of the molecule is C[C@H](NC(=O)c1ccccc1C(=O)c1ccccc1)c1ccncc1. The Morgan fingerprint density at radius 3 is 2.12 bits per heavy atom. The van der Waals surface area contributed by atoms with Gasteiger partial charge in [-0.1, -0.05) is 48.5 Å². The number of amides is 1. The van der Waals surface area contributed by atoms with Crippen molar-refractivity contribution in [1.82, 2.24) is 10.3 Å². The van der Waals surface area contributed by atoms with Crippen LogP contribution in [0.15, 0.2) is 79.1 Å². The second-order valence-corrected chi connectivity index (χ2v) is 5.72. The molecule has 0 spiro atoms. The van der Waals surface area contributed by atoms with Gasteiger partial charge in [0.15, 0.2) is 5.78 Å². The molecular weight excluding hydrogens is 312 g/mol. The third-order valence-corrected chi connectivity index (χ3v) is 4.01. The third kappa shape index (κ3) is 3.80. The van der Waals surface area contributed by atoms with Crippen LogP contribution in [0.2, 0.25) is 0 Å². The lowest BCUT2D eigenvalue weighted by molar-refractivity contribution is 0.0929. The fraction of sp³-hybridized carbons (Fsp3) is 0.0952. The number of hydrogen-bond donors (Lipinski definition) is 1. The van der Waals surface area contributed by atoms with Gasteiger partial charge in [0, 0.05) is 23.5 Å². The van der Waals surface area contributed by atoms with Crippen LogP contribution in [0.3, 0.4) is 0 Å². The number of carbonyl (C=O) groups is 2. The van der Waals surface area contributed by atoms with Crippen molar-refractivity contribution in [1.29, 1.82) is 0 Å². The van der Waals surface area contributed by atoms with Crippen LogP contribution < -0.4 is 5.32 Å². The summed E-state index contributed by atoms with van der Waals surface area (Å²) in [4.78, 5) is 29.4. The van der Waals surface area contributed by atoms with Gasteiger partial charge in [0.2, 0.25) is 0 Å². The minimum absolute atomic E-state index is 0.164. The molecule has 0 saturated heterocycles. The lowest BCUT2D eigenvalue weighted by Crippen LogP contribution is -2.28. The summed E-state index contributed by atoms with van der Waals surface area (Å²) >= 11 is 0. The van der Waals surface area contributed by atoms with Crippen molar-refractivity contribution in [2.24, 2.45) is 0 Å². The molecule has 1 heterocycles. The first kappa shape index (κ1) is 16.6. The van der Waals surface area contributed by atoms with E-state index in [2.05, 4.69) is 10.3 Å². The number of hydrogen-bond acceptors (Lipinski definition) is 3. The van der Waals surface area contributed by atoms with Crippen molar-refractivity contribution in [3.05, 3.63) is 101 Å². The summed E-state index contributed by atoms with van der Waals surface area (Å²) in [5.74, 6) is -0.438. The van der Waals surface area contributed by atoms with Gasteiger partial charge < -0.3 is 5.32 Å². The molecule has 2 aromatic carbocycles. The van der Waals surface area contributed by atoms with Gasteiger partial charge in [-0.3, -0.25) is 14.6 Å². The summed E-state index contributed by atoms with van der Waals surface area (Å²) in [6.45, 7) is 1.90. The van der Waals surface area contributed by atoms with E-state index in [0.29, 0.717) is 16.7 Å². The number of aromatic nitrogens is 1. The first-order valence-electron chi connectivity index (χ1n) is 8.06. The lowest BCUT2D eigenvalue weighted by Gasteiger charge is -2.15. The van der Waals surface area contributed by atoms with Crippen molar-refractivity contribution < 1.29 is 9.59 Å². The molecule has 25 heavy (non-hydrogen) atoms. The molecule has 0 fully saturated rings. The largest absolute Gasteiger partial charge is 0.345 e. The van der Waals surface area contributed by atoms with E-state index in [0.717, 1.165) is 5.56 Å². The van der Waals surface area contributed by atoms with Crippen LogP contribution in [0.5, 0.6) is 0 Å². The maximum Gasteiger partial charge on any atom is 0.252 e. The Balaban J connectivity index is 1.85. The smallest absolute Gasteiger partial charge is 0.252 e. The molecule has 3 rings (SSSR count). The van der Waals surface area contributed by atoms with E-state index in [1.807, 2.05) is 25.1 Å². The minimum Gasteiger partial charge on any atom is -0.345 e. The zero-order valence-electron chi connectivity index (χ0n) is 13.8. The number of rotatable bonds is 5. The monoisotopic (exact) mass is 330 g/mol. The molecule has 0 aliphatic heterocycles. The number of nitrogens with zero attached hydrogens (tertiary/aromatic N) is 1. The molecule has 0 saturated carbocycles. The summed E-state index contributed by atoms with van der Waals surface area (Å²) < 4.78 is 0. The van der Waals surface area contributed by atoms with E-state index in [9.17, 15) is 9.59 Å². The summed E-state index contributed by atoms with van der Waals surface area (Å²) in [6, 6.07) is 19.4. The number of ketones is 1. The Hall–Kier alpha value is -3.27. The summed E-state index contributed by atoms with van der Waals surface area (Å²) in [5.41, 5.74) is 2.28. The van der Waals surface area contributed by atoms with Gasteiger partial charge in [0.05, 0.1) is 11.6 Å². The highest BCUT2D eigenvalue weighted by molar-refractivity contribution is 6.15. The Morgan fingerprint density at radius 2 is 1.44 bits per heavy atom. The van der Waals surface area contributed by atoms with Gasteiger partial charge in [-0.25, -0.2) is 0 Å². The topological polar surface area (TPSA) is 59.1 Å². The van der Waals surface area contributed by atoms with Gasteiger partial charge in [0.25, 0.3) is 5.91 Å². The molecule has 0 bridgehead atoms. The highest BCUT2D eigenvalue weighted by Gasteiger charge is 2.19. The molecule has 1 aromatic heterocycles.